The van der Waals surface area contributed by atoms with E-state index in [4.69, 9.17) is 17.3 Å². The van der Waals surface area contributed by atoms with Crippen molar-refractivity contribution in [3.8, 4) is 0 Å². The van der Waals surface area contributed by atoms with Gasteiger partial charge in [0, 0.05) is 6.54 Å². The molecule has 1 aromatic carbocycles. The van der Waals surface area contributed by atoms with Crippen molar-refractivity contribution < 1.29 is 4.79 Å². The van der Waals surface area contributed by atoms with Gasteiger partial charge in [-0.2, -0.15) is 0 Å². The van der Waals surface area contributed by atoms with Crippen LogP contribution in [0.15, 0.2) is 18.2 Å². The largest absolute Gasteiger partial charge is 0.398 e. The third-order valence-electron chi connectivity index (χ3n) is 3.28. The molecule has 92 valence electrons. The van der Waals surface area contributed by atoms with Gasteiger partial charge in [-0.3, -0.25) is 4.79 Å². The summed E-state index contributed by atoms with van der Waals surface area (Å²) in [5, 5.41) is 3.25. The second-order valence-corrected chi connectivity index (χ2v) is 5.11. The van der Waals surface area contributed by atoms with Crippen molar-refractivity contribution >= 4 is 23.2 Å². The van der Waals surface area contributed by atoms with Crippen LogP contribution in [-0.2, 0) is 0 Å². The molecule has 1 aliphatic rings. The number of nitrogens with one attached hydrogen (secondary N) is 1. The Balaban J connectivity index is 1.96. The Hall–Kier alpha value is -1.22. The van der Waals surface area contributed by atoms with Crippen molar-refractivity contribution in [3.05, 3.63) is 28.8 Å². The summed E-state index contributed by atoms with van der Waals surface area (Å²) >= 11 is 5.99. The second kappa shape index (κ2) is 4.96. The van der Waals surface area contributed by atoms with E-state index < -0.39 is 0 Å². The summed E-state index contributed by atoms with van der Waals surface area (Å²) in [7, 11) is 0. The Morgan fingerprint density at radius 3 is 2.94 bits per heavy atom. The van der Waals surface area contributed by atoms with Gasteiger partial charge in [0.15, 0.2) is 0 Å². The molecule has 1 aromatic rings. The summed E-state index contributed by atoms with van der Waals surface area (Å²) in [6, 6.07) is 5.11. The molecule has 2 rings (SSSR count). The first kappa shape index (κ1) is 12.2. The van der Waals surface area contributed by atoms with E-state index >= 15 is 0 Å². The second-order valence-electron chi connectivity index (χ2n) is 4.73. The minimum Gasteiger partial charge on any atom is -0.398 e. The number of carbonyl (C=O) groups is 1. The lowest BCUT2D eigenvalue weighted by Gasteiger charge is -2.12. The molecule has 0 saturated heterocycles. The first-order valence-electron chi connectivity index (χ1n) is 5.91. The predicted molar refractivity (Wildman–Crippen MR) is 70.1 cm³/mol. The van der Waals surface area contributed by atoms with Gasteiger partial charge in [-0.05, 0) is 36.8 Å². The number of nitrogens with two attached hydrogens (primary N) is 1. The summed E-state index contributed by atoms with van der Waals surface area (Å²) in [4.78, 5) is 11.9. The number of carbonyl (C=O) groups excluding carboxylic acids is 1. The van der Waals surface area contributed by atoms with Crippen LogP contribution < -0.4 is 11.1 Å². The van der Waals surface area contributed by atoms with E-state index in [9.17, 15) is 4.79 Å². The monoisotopic (exact) mass is 252 g/mol. The lowest BCUT2D eigenvalue weighted by atomic mass is 10.1. The molecule has 1 fully saturated rings. The number of benzene rings is 1. The summed E-state index contributed by atoms with van der Waals surface area (Å²) < 4.78 is 0. The van der Waals surface area contributed by atoms with Crippen LogP contribution in [0.25, 0.3) is 0 Å². The molecular formula is C13H17ClN2O. The van der Waals surface area contributed by atoms with Crippen LogP contribution in [-0.4, -0.2) is 12.5 Å². The zero-order valence-corrected chi connectivity index (χ0v) is 10.6. The molecule has 0 radical (unpaired) electrons. The van der Waals surface area contributed by atoms with Gasteiger partial charge in [0.25, 0.3) is 5.91 Å². The highest BCUT2D eigenvalue weighted by molar-refractivity contribution is 6.36. The Morgan fingerprint density at radius 2 is 2.29 bits per heavy atom. The number of nitrogen functional groups attached to an aromatic ring is 1. The Morgan fingerprint density at radius 1 is 1.59 bits per heavy atom. The smallest absolute Gasteiger partial charge is 0.252 e. The minimum absolute atomic E-state index is 0.144. The van der Waals surface area contributed by atoms with Crippen molar-refractivity contribution in [2.75, 3.05) is 12.3 Å². The number of amides is 1. The molecule has 0 heterocycles. The predicted octanol–water partition coefficient (Wildman–Crippen LogP) is 2.70. The molecule has 0 aromatic heterocycles. The summed E-state index contributed by atoms with van der Waals surface area (Å²) in [6.45, 7) is 2.87. The van der Waals surface area contributed by atoms with Gasteiger partial charge in [0.2, 0.25) is 0 Å². The van der Waals surface area contributed by atoms with E-state index in [1.54, 1.807) is 18.2 Å². The fraction of sp³-hybridized carbons (Fsp3) is 0.462. The van der Waals surface area contributed by atoms with Crippen LogP contribution in [0.5, 0.6) is 0 Å². The molecule has 1 atom stereocenters. The number of halogens is 1. The van der Waals surface area contributed by atoms with E-state index in [1.807, 2.05) is 0 Å². The molecular weight excluding hydrogens is 236 g/mol. The molecule has 1 unspecified atom stereocenters. The maximum Gasteiger partial charge on any atom is 0.252 e. The molecule has 1 amide bonds. The van der Waals surface area contributed by atoms with E-state index in [2.05, 4.69) is 12.2 Å². The molecule has 4 heteroatoms. The Bertz CT molecular complexity index is 429. The van der Waals surface area contributed by atoms with Crippen LogP contribution in [0.1, 0.15) is 30.1 Å². The molecule has 17 heavy (non-hydrogen) atoms. The third-order valence-corrected chi connectivity index (χ3v) is 3.71. The van der Waals surface area contributed by atoms with Crippen molar-refractivity contribution in [2.24, 2.45) is 11.8 Å². The molecule has 3 N–H and O–H groups in total. The van der Waals surface area contributed by atoms with Crippen molar-refractivity contribution in [1.29, 1.82) is 0 Å². The highest BCUT2D eigenvalue weighted by atomic mass is 35.5. The standard InChI is InChI=1S/C13H17ClN2O/c1-8(9-5-6-9)7-16-13(17)10-3-2-4-11(15)12(10)14/h2-4,8-9H,5-7,15H2,1H3,(H,16,17). The van der Waals surface area contributed by atoms with Gasteiger partial charge < -0.3 is 11.1 Å². The average molecular weight is 253 g/mol. The first-order chi connectivity index (χ1) is 8.09. The van der Waals surface area contributed by atoms with Crippen LogP contribution >= 0.6 is 11.6 Å². The van der Waals surface area contributed by atoms with Crippen molar-refractivity contribution in [3.63, 3.8) is 0 Å². The van der Waals surface area contributed by atoms with E-state index in [0.717, 1.165) is 5.92 Å². The fourth-order valence-corrected chi connectivity index (χ4v) is 2.12. The Labute approximate surface area is 106 Å². The van der Waals surface area contributed by atoms with Crippen LogP contribution in [0.2, 0.25) is 5.02 Å². The highest BCUT2D eigenvalue weighted by Crippen LogP contribution is 2.36. The van der Waals surface area contributed by atoms with Gasteiger partial charge in [-0.25, -0.2) is 0 Å². The quantitative estimate of drug-likeness (QED) is 0.810. The fourth-order valence-electron chi connectivity index (χ4n) is 1.91. The van der Waals surface area contributed by atoms with Gasteiger partial charge in [-0.1, -0.05) is 24.6 Å². The normalized spacial score (nSPS) is 16.6. The SMILES string of the molecule is CC(CNC(=O)c1cccc(N)c1Cl)C1CC1. The number of hydrogen-bond donors (Lipinski definition) is 2. The maximum absolute atomic E-state index is 11.9. The molecule has 1 saturated carbocycles. The van der Waals surface area contributed by atoms with Crippen LogP contribution in [0.4, 0.5) is 5.69 Å². The van der Waals surface area contributed by atoms with E-state index in [1.165, 1.54) is 12.8 Å². The zero-order chi connectivity index (χ0) is 12.4. The Kier molecular flexibility index (Phi) is 3.57. The lowest BCUT2D eigenvalue weighted by Crippen LogP contribution is -2.29. The van der Waals surface area contributed by atoms with Crippen molar-refractivity contribution in [2.45, 2.75) is 19.8 Å². The number of anilines is 1. The highest BCUT2D eigenvalue weighted by Gasteiger charge is 2.28. The third kappa shape index (κ3) is 2.91. The van der Waals surface area contributed by atoms with Crippen molar-refractivity contribution in [1.82, 2.24) is 5.32 Å². The molecule has 1 aliphatic carbocycles. The minimum atomic E-state index is -0.144. The van der Waals surface area contributed by atoms with E-state index in [-0.39, 0.29) is 5.91 Å². The van der Waals surface area contributed by atoms with Crippen LogP contribution in [0, 0.1) is 11.8 Å². The lowest BCUT2D eigenvalue weighted by molar-refractivity contribution is 0.0947. The average Bonchev–Trinajstić information content (AvgIpc) is 3.13. The molecule has 0 aliphatic heterocycles. The number of hydrogen-bond acceptors (Lipinski definition) is 2. The van der Waals surface area contributed by atoms with Gasteiger partial charge in [0.05, 0.1) is 16.3 Å². The van der Waals surface area contributed by atoms with Crippen LogP contribution in [0.3, 0.4) is 0 Å². The van der Waals surface area contributed by atoms with Gasteiger partial charge in [-0.15, -0.1) is 0 Å². The van der Waals surface area contributed by atoms with E-state index in [0.29, 0.717) is 28.7 Å². The molecule has 0 spiro atoms. The maximum atomic E-state index is 11.9. The summed E-state index contributed by atoms with van der Waals surface area (Å²) in [6.07, 6.45) is 2.58. The van der Waals surface area contributed by atoms with Gasteiger partial charge >= 0.3 is 0 Å². The number of rotatable bonds is 4. The first-order valence-corrected chi connectivity index (χ1v) is 6.29. The zero-order valence-electron chi connectivity index (χ0n) is 9.87. The van der Waals surface area contributed by atoms with Gasteiger partial charge in [0.1, 0.15) is 0 Å². The summed E-state index contributed by atoms with van der Waals surface area (Å²) in [5.74, 6) is 1.18. The topological polar surface area (TPSA) is 55.1 Å². The summed E-state index contributed by atoms with van der Waals surface area (Å²) in [5.41, 5.74) is 6.55. The molecule has 0 bridgehead atoms. The molecule has 3 nitrogen and oxygen atoms in total.